The number of aromatic nitrogens is 1. The van der Waals surface area contributed by atoms with Crippen LogP contribution in [0, 0.1) is 6.92 Å². The molecule has 0 saturated carbocycles. The van der Waals surface area contributed by atoms with E-state index in [1.165, 1.54) is 6.42 Å². The monoisotopic (exact) mass is 291 g/mol. The Kier molecular flexibility index (Phi) is 5.42. The van der Waals surface area contributed by atoms with Crippen LogP contribution in [0.25, 0.3) is 0 Å². The summed E-state index contributed by atoms with van der Waals surface area (Å²) >= 11 is 0. The molecule has 1 aliphatic heterocycles. The Labute approximate surface area is 126 Å². The summed E-state index contributed by atoms with van der Waals surface area (Å²) in [7, 11) is 1.60. The summed E-state index contributed by atoms with van der Waals surface area (Å²) in [5.41, 5.74) is 1.81. The summed E-state index contributed by atoms with van der Waals surface area (Å²) in [4.78, 5) is 18.7. The molecule has 1 aliphatic rings. The number of likely N-dealkylation sites (tertiary alicyclic amines) is 1. The molecule has 0 aliphatic carbocycles. The van der Waals surface area contributed by atoms with Crippen molar-refractivity contribution in [2.24, 2.45) is 0 Å². The van der Waals surface area contributed by atoms with Crippen LogP contribution in [0.2, 0.25) is 0 Å². The van der Waals surface area contributed by atoms with E-state index in [4.69, 9.17) is 4.74 Å². The first-order chi connectivity index (χ1) is 10.2. The van der Waals surface area contributed by atoms with Crippen molar-refractivity contribution in [1.29, 1.82) is 0 Å². The number of hydrogen-bond donors (Lipinski definition) is 1. The number of ether oxygens (including phenoxy) is 1. The first kappa shape index (κ1) is 15.6. The fourth-order valence-corrected chi connectivity index (χ4v) is 2.84. The molecule has 1 fully saturated rings. The molecule has 0 radical (unpaired) electrons. The van der Waals surface area contributed by atoms with Crippen molar-refractivity contribution in [3.05, 3.63) is 23.4 Å². The van der Waals surface area contributed by atoms with Crippen LogP contribution < -0.4 is 10.1 Å². The molecule has 5 heteroatoms. The number of methoxy groups -OCH3 is 1. The van der Waals surface area contributed by atoms with Crippen molar-refractivity contribution in [3.8, 4) is 5.88 Å². The molecule has 0 spiro atoms. The van der Waals surface area contributed by atoms with E-state index >= 15 is 0 Å². The number of urea groups is 1. The number of nitrogens with one attached hydrogen (secondary N) is 1. The smallest absolute Gasteiger partial charge is 0.317 e. The van der Waals surface area contributed by atoms with Crippen LogP contribution in [0.15, 0.2) is 12.1 Å². The summed E-state index contributed by atoms with van der Waals surface area (Å²) in [5.74, 6) is 0.584. The molecule has 2 rings (SSSR count). The molecule has 1 unspecified atom stereocenters. The number of nitrogens with zero attached hydrogens (tertiary/aromatic N) is 2. The van der Waals surface area contributed by atoms with Crippen LogP contribution in [0.4, 0.5) is 4.79 Å². The average Bonchev–Trinajstić information content (AvgIpc) is 2.53. The highest BCUT2D eigenvalue weighted by molar-refractivity contribution is 5.74. The molecule has 5 nitrogen and oxygen atoms in total. The van der Waals surface area contributed by atoms with Gasteiger partial charge >= 0.3 is 6.03 Å². The minimum atomic E-state index is 0.0178. The van der Waals surface area contributed by atoms with Gasteiger partial charge in [0.2, 0.25) is 5.88 Å². The number of carbonyl (C=O) groups is 1. The summed E-state index contributed by atoms with van der Waals surface area (Å²) in [6.45, 7) is 5.36. The molecule has 1 aromatic rings. The van der Waals surface area contributed by atoms with E-state index in [1.807, 2.05) is 24.0 Å². The van der Waals surface area contributed by atoms with Gasteiger partial charge in [0.1, 0.15) is 0 Å². The van der Waals surface area contributed by atoms with Crippen molar-refractivity contribution in [1.82, 2.24) is 15.2 Å². The van der Waals surface area contributed by atoms with E-state index < -0.39 is 0 Å². The standard InChI is InChI=1S/C16H25N3O2/c1-4-14-7-5-6-10-19(14)16(20)17-11-13-9-8-12(2)18-15(13)21-3/h8-9,14H,4-7,10-11H2,1-3H3,(H,17,20). The van der Waals surface area contributed by atoms with Gasteiger partial charge in [0.25, 0.3) is 0 Å². The predicted molar refractivity (Wildman–Crippen MR) is 82.4 cm³/mol. The van der Waals surface area contributed by atoms with Gasteiger partial charge in [0.15, 0.2) is 0 Å². The SMILES string of the molecule is CCC1CCCCN1C(=O)NCc1ccc(C)nc1OC. The van der Waals surface area contributed by atoms with Crippen LogP contribution >= 0.6 is 0 Å². The molecule has 1 atom stereocenters. The van der Waals surface area contributed by atoms with Gasteiger partial charge in [-0.25, -0.2) is 9.78 Å². The van der Waals surface area contributed by atoms with Gasteiger partial charge in [-0.3, -0.25) is 0 Å². The summed E-state index contributed by atoms with van der Waals surface area (Å²) < 4.78 is 5.27. The van der Waals surface area contributed by atoms with Crippen LogP contribution in [0.3, 0.4) is 0 Å². The molecular weight excluding hydrogens is 266 g/mol. The highest BCUT2D eigenvalue weighted by Crippen LogP contribution is 2.20. The van der Waals surface area contributed by atoms with Crippen LogP contribution in [0.5, 0.6) is 5.88 Å². The highest BCUT2D eigenvalue weighted by atomic mass is 16.5. The number of hydrogen-bond acceptors (Lipinski definition) is 3. The number of piperidine rings is 1. The number of pyridine rings is 1. The zero-order chi connectivity index (χ0) is 15.2. The summed E-state index contributed by atoms with van der Waals surface area (Å²) in [6.07, 6.45) is 4.44. The van der Waals surface area contributed by atoms with E-state index in [9.17, 15) is 4.79 Å². The lowest BCUT2D eigenvalue weighted by Gasteiger charge is -2.35. The second kappa shape index (κ2) is 7.29. The Morgan fingerprint density at radius 3 is 3.00 bits per heavy atom. The first-order valence-corrected chi connectivity index (χ1v) is 7.70. The molecule has 116 valence electrons. The topological polar surface area (TPSA) is 54.5 Å². The molecule has 2 heterocycles. The zero-order valence-corrected chi connectivity index (χ0v) is 13.2. The maximum absolute atomic E-state index is 12.4. The number of rotatable bonds is 4. The average molecular weight is 291 g/mol. The van der Waals surface area contributed by atoms with E-state index in [2.05, 4.69) is 17.2 Å². The molecule has 0 bridgehead atoms. The van der Waals surface area contributed by atoms with Crippen molar-refractivity contribution in [3.63, 3.8) is 0 Å². The second-order valence-electron chi connectivity index (χ2n) is 5.53. The van der Waals surface area contributed by atoms with Gasteiger partial charge < -0.3 is 15.0 Å². The van der Waals surface area contributed by atoms with Crippen molar-refractivity contribution in [2.45, 2.75) is 52.1 Å². The third kappa shape index (κ3) is 3.86. The molecule has 21 heavy (non-hydrogen) atoms. The molecule has 0 aromatic carbocycles. The molecule has 1 saturated heterocycles. The van der Waals surface area contributed by atoms with E-state index in [1.54, 1.807) is 7.11 Å². The summed E-state index contributed by atoms with van der Waals surface area (Å²) in [6, 6.07) is 4.27. The quantitative estimate of drug-likeness (QED) is 0.928. The molecular formula is C16H25N3O2. The summed E-state index contributed by atoms with van der Waals surface area (Å²) in [5, 5.41) is 2.99. The predicted octanol–water partition coefficient (Wildman–Crippen LogP) is 2.87. The van der Waals surface area contributed by atoms with Gasteiger partial charge in [-0.1, -0.05) is 13.0 Å². The fraction of sp³-hybridized carbons (Fsp3) is 0.625. The van der Waals surface area contributed by atoms with Gasteiger partial charge in [0.05, 0.1) is 7.11 Å². The van der Waals surface area contributed by atoms with Crippen molar-refractivity contribution >= 4 is 6.03 Å². The van der Waals surface area contributed by atoms with Crippen LogP contribution in [-0.4, -0.2) is 35.6 Å². The zero-order valence-electron chi connectivity index (χ0n) is 13.2. The van der Waals surface area contributed by atoms with Gasteiger partial charge in [-0.05, 0) is 38.7 Å². The molecule has 2 amide bonds. The Bertz CT molecular complexity index is 490. The highest BCUT2D eigenvalue weighted by Gasteiger charge is 2.25. The normalized spacial score (nSPS) is 18.4. The Morgan fingerprint density at radius 1 is 1.48 bits per heavy atom. The lowest BCUT2D eigenvalue weighted by Crippen LogP contribution is -2.48. The number of amides is 2. The van der Waals surface area contributed by atoms with Gasteiger partial charge in [-0.15, -0.1) is 0 Å². The van der Waals surface area contributed by atoms with Crippen molar-refractivity contribution in [2.75, 3.05) is 13.7 Å². The number of carbonyl (C=O) groups excluding carboxylic acids is 1. The third-order valence-electron chi connectivity index (χ3n) is 4.06. The van der Waals surface area contributed by atoms with Crippen LogP contribution in [0.1, 0.15) is 43.9 Å². The maximum Gasteiger partial charge on any atom is 0.317 e. The molecule has 1 aromatic heterocycles. The second-order valence-corrected chi connectivity index (χ2v) is 5.53. The Morgan fingerprint density at radius 2 is 2.29 bits per heavy atom. The third-order valence-corrected chi connectivity index (χ3v) is 4.06. The van der Waals surface area contributed by atoms with Gasteiger partial charge in [-0.2, -0.15) is 0 Å². The minimum Gasteiger partial charge on any atom is -0.481 e. The maximum atomic E-state index is 12.4. The van der Waals surface area contributed by atoms with E-state index in [-0.39, 0.29) is 6.03 Å². The Balaban J connectivity index is 1.97. The van der Waals surface area contributed by atoms with Crippen molar-refractivity contribution < 1.29 is 9.53 Å². The fourth-order valence-electron chi connectivity index (χ4n) is 2.84. The van der Waals surface area contributed by atoms with Gasteiger partial charge in [0, 0.05) is 30.4 Å². The lowest BCUT2D eigenvalue weighted by molar-refractivity contribution is 0.148. The minimum absolute atomic E-state index is 0.0178. The lowest BCUT2D eigenvalue weighted by atomic mass is 10.0. The van der Waals surface area contributed by atoms with Crippen LogP contribution in [-0.2, 0) is 6.54 Å². The van der Waals surface area contributed by atoms with E-state index in [0.29, 0.717) is 18.5 Å². The Hall–Kier alpha value is -1.78. The number of aryl methyl sites for hydroxylation is 1. The molecule has 1 N–H and O–H groups in total. The van der Waals surface area contributed by atoms with E-state index in [0.717, 1.165) is 37.1 Å². The first-order valence-electron chi connectivity index (χ1n) is 7.70. The largest absolute Gasteiger partial charge is 0.481 e.